The molecule has 0 saturated carbocycles. The highest BCUT2D eigenvalue weighted by Crippen LogP contribution is 2.28. The second-order valence-electron chi connectivity index (χ2n) is 2.37. The Morgan fingerprint density at radius 1 is 1.50 bits per heavy atom. The molecule has 0 unspecified atom stereocenters. The summed E-state index contributed by atoms with van der Waals surface area (Å²) in [5, 5.41) is 10.4. The Bertz CT molecular complexity index is 148. The molecular weight excluding hydrogens is 148 g/mol. The van der Waals surface area contributed by atoms with Crippen molar-refractivity contribution in [2.75, 3.05) is 13.2 Å². The van der Waals surface area contributed by atoms with Crippen molar-refractivity contribution in [1.82, 2.24) is 0 Å². The van der Waals surface area contributed by atoms with Gasteiger partial charge in [-0.25, -0.2) is 0 Å². The van der Waals surface area contributed by atoms with Crippen molar-refractivity contribution in [3.8, 4) is 5.40 Å². The summed E-state index contributed by atoms with van der Waals surface area (Å²) in [7, 11) is 0. The van der Waals surface area contributed by atoms with E-state index in [0.29, 0.717) is 13.2 Å². The first-order chi connectivity index (χ1) is 4.77. The van der Waals surface area contributed by atoms with Crippen molar-refractivity contribution in [3.63, 3.8) is 0 Å². The molecule has 0 amide bonds. The summed E-state index contributed by atoms with van der Waals surface area (Å²) >= 11 is 1.16. The number of hydrogen-bond donors (Lipinski definition) is 1. The topological polar surface area (TPSA) is 59.0 Å². The van der Waals surface area contributed by atoms with Crippen LogP contribution in [-0.4, -0.2) is 18.1 Å². The minimum absolute atomic E-state index is 0.340. The van der Waals surface area contributed by atoms with Crippen molar-refractivity contribution in [2.45, 2.75) is 17.7 Å². The minimum atomic E-state index is -0.340. The summed E-state index contributed by atoms with van der Waals surface area (Å²) in [5.41, 5.74) is 5.83. The first-order valence-corrected chi connectivity index (χ1v) is 4.02. The summed E-state index contributed by atoms with van der Waals surface area (Å²) < 4.78 is 5.11. The van der Waals surface area contributed by atoms with E-state index in [4.69, 9.17) is 15.7 Å². The van der Waals surface area contributed by atoms with Gasteiger partial charge in [-0.1, -0.05) is 0 Å². The van der Waals surface area contributed by atoms with E-state index in [-0.39, 0.29) is 4.87 Å². The van der Waals surface area contributed by atoms with Gasteiger partial charge < -0.3 is 10.5 Å². The maximum absolute atomic E-state index is 8.38. The van der Waals surface area contributed by atoms with Crippen molar-refractivity contribution < 1.29 is 4.74 Å². The zero-order chi connectivity index (χ0) is 7.45. The van der Waals surface area contributed by atoms with E-state index in [9.17, 15) is 0 Å². The molecule has 0 atom stereocenters. The molecule has 0 aromatic carbocycles. The number of nitrogens with two attached hydrogens (primary N) is 1. The van der Waals surface area contributed by atoms with Crippen LogP contribution in [0, 0.1) is 10.7 Å². The number of ether oxygens (including phenoxy) is 1. The fourth-order valence-electron chi connectivity index (χ4n) is 0.910. The van der Waals surface area contributed by atoms with Crippen molar-refractivity contribution >= 4 is 11.8 Å². The van der Waals surface area contributed by atoms with Gasteiger partial charge >= 0.3 is 0 Å². The highest BCUT2D eigenvalue weighted by molar-refractivity contribution is 8.04. The van der Waals surface area contributed by atoms with Crippen molar-refractivity contribution in [1.29, 1.82) is 5.26 Å². The SMILES string of the molecule is N#CSC1(N)CCOCC1. The minimum Gasteiger partial charge on any atom is -0.381 e. The maximum Gasteiger partial charge on any atom is 0.135 e. The second-order valence-corrected chi connectivity index (χ2v) is 3.57. The van der Waals surface area contributed by atoms with Crippen LogP contribution in [-0.2, 0) is 4.74 Å². The Morgan fingerprint density at radius 3 is 2.60 bits per heavy atom. The van der Waals surface area contributed by atoms with Gasteiger partial charge in [-0.2, -0.15) is 5.26 Å². The smallest absolute Gasteiger partial charge is 0.135 e. The van der Waals surface area contributed by atoms with E-state index in [1.807, 2.05) is 5.40 Å². The molecule has 1 saturated heterocycles. The monoisotopic (exact) mass is 158 g/mol. The molecule has 56 valence electrons. The fourth-order valence-corrected chi connectivity index (χ4v) is 1.46. The van der Waals surface area contributed by atoms with Crippen LogP contribution in [0.4, 0.5) is 0 Å². The number of nitrogens with zero attached hydrogens (tertiary/aromatic N) is 1. The summed E-state index contributed by atoms with van der Waals surface area (Å²) in [6, 6.07) is 0. The molecule has 0 aromatic heterocycles. The lowest BCUT2D eigenvalue weighted by Crippen LogP contribution is -2.41. The fraction of sp³-hybridized carbons (Fsp3) is 0.833. The van der Waals surface area contributed by atoms with Crippen LogP contribution in [0.15, 0.2) is 0 Å². The molecule has 0 aliphatic carbocycles. The molecule has 4 heteroatoms. The van der Waals surface area contributed by atoms with Gasteiger partial charge in [0.25, 0.3) is 0 Å². The molecule has 0 bridgehead atoms. The van der Waals surface area contributed by atoms with Gasteiger partial charge in [-0.3, -0.25) is 0 Å². The number of nitriles is 1. The van der Waals surface area contributed by atoms with Crippen LogP contribution in [0.1, 0.15) is 12.8 Å². The average molecular weight is 158 g/mol. The third-order valence-corrected chi connectivity index (χ3v) is 2.49. The number of thiocyanates is 1. The highest BCUT2D eigenvalue weighted by Gasteiger charge is 2.28. The van der Waals surface area contributed by atoms with Crippen LogP contribution in [0.25, 0.3) is 0 Å². The summed E-state index contributed by atoms with van der Waals surface area (Å²) in [6.07, 6.45) is 1.57. The Hall–Kier alpha value is -0.240. The molecule has 1 heterocycles. The Kier molecular flexibility index (Phi) is 2.55. The number of rotatable bonds is 1. The van der Waals surface area contributed by atoms with Crippen molar-refractivity contribution in [3.05, 3.63) is 0 Å². The van der Waals surface area contributed by atoms with Gasteiger partial charge in [0.15, 0.2) is 0 Å². The first-order valence-electron chi connectivity index (χ1n) is 3.20. The lowest BCUT2D eigenvalue weighted by molar-refractivity contribution is 0.0791. The van der Waals surface area contributed by atoms with Crippen molar-refractivity contribution in [2.24, 2.45) is 5.73 Å². The molecular formula is C6H10N2OS. The standard InChI is InChI=1S/C6H10N2OS/c7-5-10-6(8)1-3-9-4-2-6/h1-4,8H2. The van der Waals surface area contributed by atoms with Gasteiger partial charge in [-0.05, 0) is 24.6 Å². The lowest BCUT2D eigenvalue weighted by atomic mass is 10.1. The molecule has 1 rings (SSSR count). The van der Waals surface area contributed by atoms with Crippen LogP contribution >= 0.6 is 11.8 Å². The van der Waals surface area contributed by atoms with E-state index in [1.54, 1.807) is 0 Å². The maximum atomic E-state index is 8.38. The number of thioether (sulfide) groups is 1. The Balaban J connectivity index is 2.42. The Labute approximate surface area is 64.5 Å². The third kappa shape index (κ3) is 1.87. The molecule has 10 heavy (non-hydrogen) atoms. The van der Waals surface area contributed by atoms with E-state index < -0.39 is 0 Å². The molecule has 1 fully saturated rings. The third-order valence-electron chi connectivity index (χ3n) is 1.59. The molecule has 0 radical (unpaired) electrons. The van der Waals surface area contributed by atoms with Crippen LogP contribution in [0.3, 0.4) is 0 Å². The van der Waals surface area contributed by atoms with Crippen LogP contribution in [0.5, 0.6) is 0 Å². The van der Waals surface area contributed by atoms with E-state index in [0.717, 1.165) is 24.6 Å². The zero-order valence-electron chi connectivity index (χ0n) is 5.67. The van der Waals surface area contributed by atoms with Crippen LogP contribution < -0.4 is 5.73 Å². The van der Waals surface area contributed by atoms with E-state index in [1.165, 1.54) is 0 Å². The van der Waals surface area contributed by atoms with Gasteiger partial charge in [0.1, 0.15) is 5.40 Å². The Morgan fingerprint density at radius 2 is 2.10 bits per heavy atom. The first kappa shape index (κ1) is 7.86. The van der Waals surface area contributed by atoms with Gasteiger partial charge in [0, 0.05) is 13.2 Å². The van der Waals surface area contributed by atoms with Gasteiger partial charge in [0.05, 0.1) is 4.87 Å². The normalized spacial score (nSPS) is 23.6. The second kappa shape index (κ2) is 3.24. The molecule has 3 nitrogen and oxygen atoms in total. The van der Waals surface area contributed by atoms with Crippen LogP contribution in [0.2, 0.25) is 0 Å². The van der Waals surface area contributed by atoms with E-state index >= 15 is 0 Å². The summed E-state index contributed by atoms with van der Waals surface area (Å²) in [6.45, 7) is 1.37. The molecule has 1 aliphatic heterocycles. The molecule has 0 aromatic rings. The summed E-state index contributed by atoms with van der Waals surface area (Å²) in [4.78, 5) is -0.340. The van der Waals surface area contributed by atoms with Gasteiger partial charge in [-0.15, -0.1) is 0 Å². The lowest BCUT2D eigenvalue weighted by Gasteiger charge is -2.29. The quantitative estimate of drug-likeness (QED) is 0.450. The molecule has 0 spiro atoms. The molecule has 2 N–H and O–H groups in total. The predicted molar refractivity (Wildman–Crippen MR) is 40.2 cm³/mol. The summed E-state index contributed by atoms with van der Waals surface area (Å²) in [5.74, 6) is 0. The predicted octanol–water partition coefficient (Wildman–Crippen LogP) is 0.666. The average Bonchev–Trinajstić information content (AvgIpc) is 1.89. The number of hydrogen-bond acceptors (Lipinski definition) is 4. The van der Waals surface area contributed by atoms with Gasteiger partial charge in [0.2, 0.25) is 0 Å². The highest BCUT2D eigenvalue weighted by atomic mass is 32.2. The molecule has 1 aliphatic rings. The largest absolute Gasteiger partial charge is 0.381 e. The zero-order valence-corrected chi connectivity index (χ0v) is 6.49. The van der Waals surface area contributed by atoms with E-state index in [2.05, 4.69) is 0 Å².